The summed E-state index contributed by atoms with van der Waals surface area (Å²) >= 11 is 5.78. The fourth-order valence-corrected chi connectivity index (χ4v) is 3.89. The van der Waals surface area contributed by atoms with Crippen LogP contribution in [0.3, 0.4) is 0 Å². The van der Waals surface area contributed by atoms with Gasteiger partial charge in [0.2, 0.25) is 0 Å². The van der Waals surface area contributed by atoms with Crippen molar-refractivity contribution in [1.82, 2.24) is 4.90 Å². The van der Waals surface area contributed by atoms with Gasteiger partial charge in [0.1, 0.15) is 0 Å². The second-order valence-corrected chi connectivity index (χ2v) is 7.84. The summed E-state index contributed by atoms with van der Waals surface area (Å²) in [6, 6.07) is 6.32. The van der Waals surface area contributed by atoms with Crippen molar-refractivity contribution in [3.63, 3.8) is 0 Å². The van der Waals surface area contributed by atoms with Gasteiger partial charge < -0.3 is 4.74 Å². The molecule has 0 unspecified atom stereocenters. The van der Waals surface area contributed by atoms with Crippen molar-refractivity contribution in [2.24, 2.45) is 0 Å². The van der Waals surface area contributed by atoms with E-state index in [1.807, 2.05) is 13.8 Å². The molecule has 0 spiro atoms. The van der Waals surface area contributed by atoms with E-state index < -0.39 is 9.84 Å². The molecule has 1 aliphatic rings. The van der Waals surface area contributed by atoms with Crippen LogP contribution in [0.2, 0.25) is 5.02 Å². The maximum absolute atomic E-state index is 12.2. The number of rotatable bonds is 4. The number of benzene rings is 1. The molecule has 0 N–H and O–H groups in total. The zero-order valence-corrected chi connectivity index (χ0v) is 13.3. The van der Waals surface area contributed by atoms with Gasteiger partial charge in [-0.15, -0.1) is 0 Å². The normalized spacial score (nSPS) is 24.8. The van der Waals surface area contributed by atoms with Crippen LogP contribution in [0, 0.1) is 0 Å². The first-order valence-corrected chi connectivity index (χ1v) is 8.76. The summed E-state index contributed by atoms with van der Waals surface area (Å²) in [6.45, 7) is 6.11. The largest absolute Gasteiger partial charge is 0.373 e. The van der Waals surface area contributed by atoms with Crippen LogP contribution in [0.15, 0.2) is 29.2 Å². The van der Waals surface area contributed by atoms with E-state index in [0.29, 0.717) is 16.5 Å². The van der Waals surface area contributed by atoms with Gasteiger partial charge in [-0.3, -0.25) is 4.90 Å². The molecule has 0 radical (unpaired) electrons. The summed E-state index contributed by atoms with van der Waals surface area (Å²) in [6.07, 6.45) is 0.300. The molecule has 0 amide bonds. The summed E-state index contributed by atoms with van der Waals surface area (Å²) in [7, 11) is -3.25. The van der Waals surface area contributed by atoms with E-state index in [1.54, 1.807) is 24.3 Å². The lowest BCUT2D eigenvalue weighted by Crippen LogP contribution is -2.46. The van der Waals surface area contributed by atoms with E-state index in [1.165, 1.54) is 0 Å². The van der Waals surface area contributed by atoms with Crippen molar-refractivity contribution in [3.8, 4) is 0 Å². The summed E-state index contributed by atoms with van der Waals surface area (Å²) in [4.78, 5) is 2.48. The molecule has 20 heavy (non-hydrogen) atoms. The summed E-state index contributed by atoms with van der Waals surface area (Å²) in [5.74, 6) is 0.119. The Morgan fingerprint density at radius 3 is 2.30 bits per heavy atom. The molecule has 1 fully saturated rings. The molecule has 6 heteroatoms. The highest BCUT2D eigenvalue weighted by Crippen LogP contribution is 2.16. The standard InChI is InChI=1S/C14H20ClNO3S/c1-11-9-16(10-12(2)19-11)7-8-20(17,18)14-5-3-13(15)4-6-14/h3-6,11-12H,7-10H2,1-2H3/t11-,12+. The lowest BCUT2D eigenvalue weighted by atomic mass is 10.2. The van der Waals surface area contributed by atoms with Gasteiger partial charge in [-0.2, -0.15) is 0 Å². The number of halogens is 1. The fourth-order valence-electron chi connectivity index (χ4n) is 2.48. The Morgan fingerprint density at radius 2 is 1.75 bits per heavy atom. The highest BCUT2D eigenvalue weighted by Gasteiger charge is 2.24. The predicted octanol–water partition coefficient (Wildman–Crippen LogP) is 2.22. The Morgan fingerprint density at radius 1 is 1.20 bits per heavy atom. The molecule has 1 aromatic carbocycles. The molecule has 1 aliphatic heterocycles. The van der Waals surface area contributed by atoms with E-state index in [4.69, 9.17) is 16.3 Å². The van der Waals surface area contributed by atoms with Crippen molar-refractivity contribution < 1.29 is 13.2 Å². The van der Waals surface area contributed by atoms with Gasteiger partial charge in [0, 0.05) is 24.7 Å². The quantitative estimate of drug-likeness (QED) is 0.854. The van der Waals surface area contributed by atoms with Crippen LogP contribution in [-0.4, -0.2) is 50.9 Å². The zero-order chi connectivity index (χ0) is 14.8. The molecule has 4 nitrogen and oxygen atoms in total. The van der Waals surface area contributed by atoms with E-state index >= 15 is 0 Å². The van der Waals surface area contributed by atoms with Crippen LogP contribution in [0.1, 0.15) is 13.8 Å². The first-order valence-electron chi connectivity index (χ1n) is 6.73. The van der Waals surface area contributed by atoms with Gasteiger partial charge in [0.05, 0.1) is 22.9 Å². The minimum Gasteiger partial charge on any atom is -0.373 e. The van der Waals surface area contributed by atoms with E-state index in [9.17, 15) is 8.42 Å². The van der Waals surface area contributed by atoms with Gasteiger partial charge >= 0.3 is 0 Å². The highest BCUT2D eigenvalue weighted by molar-refractivity contribution is 7.91. The van der Waals surface area contributed by atoms with E-state index in [2.05, 4.69) is 4.90 Å². The molecule has 1 heterocycles. The molecule has 0 aromatic heterocycles. The third-order valence-corrected chi connectivity index (χ3v) is 5.31. The zero-order valence-electron chi connectivity index (χ0n) is 11.8. The maximum Gasteiger partial charge on any atom is 0.179 e. The van der Waals surface area contributed by atoms with Crippen LogP contribution in [0.5, 0.6) is 0 Å². The number of hydrogen-bond donors (Lipinski definition) is 0. The average molecular weight is 318 g/mol. The van der Waals surface area contributed by atoms with Crippen molar-refractivity contribution in [2.45, 2.75) is 31.0 Å². The molecule has 0 bridgehead atoms. The van der Waals surface area contributed by atoms with Gasteiger partial charge in [0.25, 0.3) is 0 Å². The number of sulfone groups is 1. The Labute approximate surface area is 125 Å². The third kappa shape index (κ3) is 4.19. The summed E-state index contributed by atoms with van der Waals surface area (Å²) in [5, 5.41) is 0.541. The topological polar surface area (TPSA) is 46.6 Å². The monoisotopic (exact) mass is 317 g/mol. The van der Waals surface area contributed by atoms with Crippen molar-refractivity contribution in [3.05, 3.63) is 29.3 Å². The van der Waals surface area contributed by atoms with Gasteiger partial charge in [-0.1, -0.05) is 11.6 Å². The van der Waals surface area contributed by atoms with E-state index in [0.717, 1.165) is 13.1 Å². The number of hydrogen-bond acceptors (Lipinski definition) is 4. The molecular weight excluding hydrogens is 298 g/mol. The molecule has 112 valence electrons. The summed E-state index contributed by atoms with van der Waals surface area (Å²) in [5.41, 5.74) is 0. The second kappa shape index (κ2) is 6.43. The first-order chi connectivity index (χ1) is 9.37. The van der Waals surface area contributed by atoms with Crippen LogP contribution < -0.4 is 0 Å². The molecule has 0 saturated carbocycles. The Kier molecular flexibility index (Phi) is 5.07. The minimum absolute atomic E-state index is 0.119. The first kappa shape index (κ1) is 15.8. The third-order valence-electron chi connectivity index (χ3n) is 3.34. The lowest BCUT2D eigenvalue weighted by Gasteiger charge is -2.35. The van der Waals surface area contributed by atoms with Gasteiger partial charge in [-0.05, 0) is 38.1 Å². The molecular formula is C14H20ClNO3S. The molecule has 1 aromatic rings. The van der Waals surface area contributed by atoms with Crippen molar-refractivity contribution >= 4 is 21.4 Å². The number of ether oxygens (including phenoxy) is 1. The molecule has 0 aliphatic carbocycles. The summed E-state index contributed by atoms with van der Waals surface area (Å²) < 4.78 is 30.1. The van der Waals surface area contributed by atoms with Gasteiger partial charge in [0.15, 0.2) is 9.84 Å². The van der Waals surface area contributed by atoms with Crippen LogP contribution in [0.4, 0.5) is 0 Å². The predicted molar refractivity (Wildman–Crippen MR) is 80.0 cm³/mol. The van der Waals surface area contributed by atoms with Crippen LogP contribution >= 0.6 is 11.6 Å². The van der Waals surface area contributed by atoms with E-state index in [-0.39, 0.29) is 18.0 Å². The Bertz CT molecular complexity index is 534. The van der Waals surface area contributed by atoms with Crippen molar-refractivity contribution in [2.75, 3.05) is 25.4 Å². The Balaban J connectivity index is 1.97. The van der Waals surface area contributed by atoms with Gasteiger partial charge in [-0.25, -0.2) is 8.42 Å². The molecule has 2 atom stereocenters. The second-order valence-electron chi connectivity index (χ2n) is 5.29. The minimum atomic E-state index is -3.25. The number of morpholine rings is 1. The SMILES string of the molecule is C[C@@H]1CN(CCS(=O)(=O)c2ccc(Cl)cc2)C[C@H](C)O1. The average Bonchev–Trinajstić information content (AvgIpc) is 2.36. The smallest absolute Gasteiger partial charge is 0.179 e. The van der Waals surface area contributed by atoms with Crippen LogP contribution in [-0.2, 0) is 14.6 Å². The maximum atomic E-state index is 12.2. The lowest BCUT2D eigenvalue weighted by molar-refractivity contribution is -0.0662. The fraction of sp³-hybridized carbons (Fsp3) is 0.571. The van der Waals surface area contributed by atoms with Crippen molar-refractivity contribution in [1.29, 1.82) is 0 Å². The number of nitrogens with zero attached hydrogens (tertiary/aromatic N) is 1. The molecule has 1 saturated heterocycles. The Hall–Kier alpha value is -0.620. The van der Waals surface area contributed by atoms with Crippen LogP contribution in [0.25, 0.3) is 0 Å². The molecule has 2 rings (SSSR count). The highest BCUT2D eigenvalue weighted by atomic mass is 35.5.